The molecule has 2 heterocycles. The SMILES string of the molecule is CCOC(=O)[C]C/C(O)=C1\N2CCCC2=NN1c1c(C)cc(C)cc1C. The first kappa shape index (κ1) is 18.3. The number of benzene rings is 1. The van der Waals surface area contributed by atoms with Crippen molar-refractivity contribution in [3.63, 3.8) is 0 Å². The Morgan fingerprint density at radius 2 is 2.00 bits per heavy atom. The van der Waals surface area contributed by atoms with E-state index in [1.54, 1.807) is 11.9 Å². The van der Waals surface area contributed by atoms with Crippen molar-refractivity contribution in [2.24, 2.45) is 5.10 Å². The minimum Gasteiger partial charge on any atom is -0.508 e. The number of allylic oxidation sites excluding steroid dienone is 1. The highest BCUT2D eigenvalue weighted by Crippen LogP contribution is 2.38. The van der Waals surface area contributed by atoms with E-state index in [0.29, 0.717) is 5.82 Å². The molecule has 2 radical (unpaired) electrons. The molecule has 0 aliphatic carbocycles. The molecular weight excluding hydrogens is 330 g/mol. The van der Waals surface area contributed by atoms with Crippen molar-refractivity contribution in [2.75, 3.05) is 18.2 Å². The van der Waals surface area contributed by atoms with Crippen molar-refractivity contribution in [3.8, 4) is 0 Å². The van der Waals surface area contributed by atoms with E-state index in [2.05, 4.69) is 25.5 Å². The summed E-state index contributed by atoms with van der Waals surface area (Å²) in [6.07, 6.45) is 4.45. The lowest BCUT2D eigenvalue weighted by Crippen LogP contribution is -2.27. The third-order valence-corrected chi connectivity index (χ3v) is 4.55. The highest BCUT2D eigenvalue weighted by Gasteiger charge is 2.37. The summed E-state index contributed by atoms with van der Waals surface area (Å²) in [4.78, 5) is 13.6. The van der Waals surface area contributed by atoms with Gasteiger partial charge in [0.2, 0.25) is 0 Å². The Bertz CT molecular complexity index is 760. The topological polar surface area (TPSA) is 65.4 Å². The van der Waals surface area contributed by atoms with E-state index in [-0.39, 0.29) is 18.8 Å². The lowest BCUT2D eigenvalue weighted by molar-refractivity contribution is -0.139. The van der Waals surface area contributed by atoms with Gasteiger partial charge in [-0.25, -0.2) is 5.01 Å². The quantitative estimate of drug-likeness (QED) is 0.646. The van der Waals surface area contributed by atoms with Crippen molar-refractivity contribution in [2.45, 2.75) is 47.0 Å². The minimum absolute atomic E-state index is 0.00603. The number of rotatable bonds is 5. The fourth-order valence-corrected chi connectivity index (χ4v) is 3.63. The monoisotopic (exact) mass is 355 g/mol. The summed E-state index contributed by atoms with van der Waals surface area (Å²) in [7, 11) is 0. The van der Waals surface area contributed by atoms with Crippen molar-refractivity contribution in [1.82, 2.24) is 4.90 Å². The van der Waals surface area contributed by atoms with E-state index in [4.69, 9.17) is 9.84 Å². The number of aryl methyl sites for hydroxylation is 3. The second kappa shape index (κ2) is 7.40. The lowest BCUT2D eigenvalue weighted by Gasteiger charge is -2.25. The van der Waals surface area contributed by atoms with Crippen LogP contribution in [-0.4, -0.2) is 35.0 Å². The molecule has 2 aliphatic heterocycles. The fraction of sp³-hybridized carbons (Fsp3) is 0.450. The minimum atomic E-state index is -0.547. The highest BCUT2D eigenvalue weighted by atomic mass is 16.5. The van der Waals surface area contributed by atoms with Crippen molar-refractivity contribution in [1.29, 1.82) is 0 Å². The van der Waals surface area contributed by atoms with Crippen molar-refractivity contribution < 1.29 is 14.6 Å². The number of carbonyl (C=O) groups excluding carboxylic acids is 1. The first-order valence-electron chi connectivity index (χ1n) is 8.98. The summed E-state index contributed by atoms with van der Waals surface area (Å²) in [6.45, 7) is 8.99. The second-order valence-electron chi connectivity index (χ2n) is 6.67. The van der Waals surface area contributed by atoms with Gasteiger partial charge in [-0.15, -0.1) is 0 Å². The van der Waals surface area contributed by atoms with E-state index in [0.717, 1.165) is 42.0 Å². The summed E-state index contributed by atoms with van der Waals surface area (Å²) < 4.78 is 4.86. The Balaban J connectivity index is 1.96. The second-order valence-corrected chi connectivity index (χ2v) is 6.67. The summed E-state index contributed by atoms with van der Waals surface area (Å²) in [5.41, 5.74) is 4.35. The molecule has 26 heavy (non-hydrogen) atoms. The number of ether oxygens (including phenoxy) is 1. The van der Waals surface area contributed by atoms with E-state index in [1.165, 1.54) is 5.56 Å². The van der Waals surface area contributed by atoms with E-state index >= 15 is 0 Å². The van der Waals surface area contributed by atoms with Crippen LogP contribution in [0.3, 0.4) is 0 Å². The normalized spacial score (nSPS) is 18.1. The number of esters is 1. The van der Waals surface area contributed by atoms with Crippen LogP contribution in [0.25, 0.3) is 0 Å². The number of hydrogen-bond donors (Lipinski definition) is 1. The van der Waals surface area contributed by atoms with Crippen LogP contribution < -0.4 is 5.01 Å². The van der Waals surface area contributed by atoms with Crippen LogP contribution in [0.1, 0.15) is 42.9 Å². The molecule has 0 amide bonds. The zero-order valence-electron chi connectivity index (χ0n) is 15.8. The third-order valence-electron chi connectivity index (χ3n) is 4.55. The maximum atomic E-state index is 11.6. The summed E-state index contributed by atoms with van der Waals surface area (Å²) in [6, 6.07) is 4.22. The number of aliphatic hydroxyl groups is 1. The van der Waals surface area contributed by atoms with Crippen LogP contribution in [0.5, 0.6) is 0 Å². The van der Waals surface area contributed by atoms with Crippen LogP contribution in [0.2, 0.25) is 0 Å². The fourth-order valence-electron chi connectivity index (χ4n) is 3.63. The van der Waals surface area contributed by atoms with Gasteiger partial charge in [-0.05, 0) is 45.2 Å². The van der Waals surface area contributed by atoms with Gasteiger partial charge in [0.15, 0.2) is 5.82 Å². The largest absolute Gasteiger partial charge is 0.508 e. The number of amidine groups is 1. The van der Waals surface area contributed by atoms with Crippen molar-refractivity contribution in [3.05, 3.63) is 46.8 Å². The standard InChI is InChI=1S/C20H25N3O3/c1-5-26-18(25)9-8-16(24)20-22-10-6-7-17(22)21-23(20)19-14(3)11-13(2)12-15(19)4/h11-12,24H,5-8,10H2,1-4H3/b20-16-. The Kier molecular flexibility index (Phi) is 5.20. The smallest absolute Gasteiger partial charge is 0.314 e. The van der Waals surface area contributed by atoms with E-state index in [9.17, 15) is 9.90 Å². The van der Waals surface area contributed by atoms with Gasteiger partial charge in [0.1, 0.15) is 18.0 Å². The van der Waals surface area contributed by atoms with E-state index in [1.807, 2.05) is 18.7 Å². The lowest BCUT2D eigenvalue weighted by atomic mass is 10.0. The molecule has 0 bridgehead atoms. The van der Waals surface area contributed by atoms with Gasteiger partial charge < -0.3 is 14.7 Å². The molecule has 138 valence electrons. The summed E-state index contributed by atoms with van der Waals surface area (Å²) >= 11 is 0. The Morgan fingerprint density at radius 3 is 2.65 bits per heavy atom. The first-order chi connectivity index (χ1) is 12.4. The Hall–Kier alpha value is -2.50. The van der Waals surface area contributed by atoms with Gasteiger partial charge in [0.05, 0.1) is 12.3 Å². The average molecular weight is 355 g/mol. The molecule has 1 aromatic carbocycles. The number of hydrogen-bond acceptors (Lipinski definition) is 6. The van der Waals surface area contributed by atoms with Gasteiger partial charge in [-0.3, -0.25) is 4.79 Å². The summed E-state index contributed by atoms with van der Waals surface area (Å²) in [5.74, 6) is 1.08. The van der Waals surface area contributed by atoms with Gasteiger partial charge in [0.25, 0.3) is 0 Å². The number of anilines is 1. The molecule has 1 fully saturated rings. The number of aliphatic hydroxyl groups excluding tert-OH is 1. The predicted octanol–water partition coefficient (Wildman–Crippen LogP) is 3.60. The number of fused-ring (bicyclic) bond motifs is 1. The number of hydrazone groups is 1. The average Bonchev–Trinajstić information content (AvgIpc) is 3.13. The molecule has 6 nitrogen and oxygen atoms in total. The molecule has 1 saturated heterocycles. The molecule has 1 aromatic rings. The molecule has 2 aliphatic rings. The Morgan fingerprint density at radius 1 is 1.31 bits per heavy atom. The van der Waals surface area contributed by atoms with E-state index < -0.39 is 5.97 Å². The molecule has 6 heteroatoms. The van der Waals surface area contributed by atoms with Gasteiger partial charge in [-0.1, -0.05) is 17.7 Å². The van der Waals surface area contributed by atoms with Gasteiger partial charge in [-0.2, -0.15) is 5.10 Å². The van der Waals surface area contributed by atoms with Crippen LogP contribution in [0, 0.1) is 27.2 Å². The number of carbonyl (C=O) groups is 1. The van der Waals surface area contributed by atoms with Gasteiger partial charge in [0, 0.05) is 19.4 Å². The molecule has 0 spiro atoms. The Labute approximate surface area is 154 Å². The molecule has 0 saturated carbocycles. The van der Waals surface area contributed by atoms with Crippen LogP contribution in [0.15, 0.2) is 28.8 Å². The maximum Gasteiger partial charge on any atom is 0.314 e. The van der Waals surface area contributed by atoms with Crippen LogP contribution in [0.4, 0.5) is 5.69 Å². The molecule has 1 N–H and O–H groups in total. The highest BCUT2D eigenvalue weighted by molar-refractivity contribution is 5.91. The van der Waals surface area contributed by atoms with Crippen molar-refractivity contribution >= 4 is 17.5 Å². The predicted molar refractivity (Wildman–Crippen MR) is 101 cm³/mol. The zero-order chi connectivity index (χ0) is 18.8. The molecule has 0 aromatic heterocycles. The zero-order valence-corrected chi connectivity index (χ0v) is 15.8. The molecular formula is C20H25N3O3. The first-order valence-corrected chi connectivity index (χ1v) is 8.98. The molecule has 0 unspecified atom stereocenters. The molecule has 0 atom stereocenters. The van der Waals surface area contributed by atoms with Crippen LogP contribution in [-0.2, 0) is 9.53 Å². The van der Waals surface area contributed by atoms with Gasteiger partial charge >= 0.3 is 5.97 Å². The third kappa shape index (κ3) is 3.41. The number of nitrogens with zero attached hydrogens (tertiary/aromatic N) is 3. The van der Waals surface area contributed by atoms with Crippen LogP contribution >= 0.6 is 0 Å². The molecule has 3 rings (SSSR count). The maximum absolute atomic E-state index is 11.6. The summed E-state index contributed by atoms with van der Waals surface area (Å²) in [5, 5.41) is 17.3.